The number of rotatable bonds is 6. The van der Waals surface area contributed by atoms with Crippen molar-refractivity contribution in [3.05, 3.63) is 23.8 Å². The molecule has 1 unspecified atom stereocenters. The molecule has 2 rings (SSSR count). The third-order valence-corrected chi connectivity index (χ3v) is 6.15. The van der Waals surface area contributed by atoms with Gasteiger partial charge in [-0.1, -0.05) is 19.3 Å². The van der Waals surface area contributed by atoms with E-state index in [-0.39, 0.29) is 5.91 Å². The molecule has 5 nitrogen and oxygen atoms in total. The van der Waals surface area contributed by atoms with Gasteiger partial charge in [0.05, 0.1) is 15.3 Å². The molecule has 1 atom stereocenters. The van der Waals surface area contributed by atoms with Crippen LogP contribution in [-0.4, -0.2) is 36.6 Å². The number of carbonyl (C=O) groups is 1. The summed E-state index contributed by atoms with van der Waals surface area (Å²) in [5.41, 5.74) is 1.29. The van der Waals surface area contributed by atoms with E-state index in [1.54, 1.807) is 26.2 Å². The van der Waals surface area contributed by atoms with E-state index in [1.165, 1.54) is 32.1 Å². The van der Waals surface area contributed by atoms with Gasteiger partial charge in [-0.05, 0) is 49.9 Å². The van der Waals surface area contributed by atoms with E-state index in [0.29, 0.717) is 16.4 Å². The van der Waals surface area contributed by atoms with Gasteiger partial charge in [0, 0.05) is 24.2 Å². The van der Waals surface area contributed by atoms with E-state index < -0.39 is 9.71 Å². The van der Waals surface area contributed by atoms with Crippen molar-refractivity contribution in [3.8, 4) is 0 Å². The van der Waals surface area contributed by atoms with Crippen LogP contribution in [0.4, 0.5) is 5.69 Å². The smallest absolute Gasteiger partial charge is 0.253 e. The van der Waals surface area contributed by atoms with Crippen LogP contribution in [-0.2, 0) is 9.71 Å². The summed E-state index contributed by atoms with van der Waals surface area (Å²) in [5, 5.41) is 6.04. The molecule has 0 heterocycles. The number of amides is 1. The second-order valence-corrected chi connectivity index (χ2v) is 8.28. The number of benzene rings is 1. The number of carbonyl (C=O) groups excluding carboxylic acids is 1. The number of hydrogen-bond donors (Lipinski definition) is 3. The lowest BCUT2D eigenvalue weighted by atomic mass is 9.89. The van der Waals surface area contributed by atoms with Gasteiger partial charge < -0.3 is 10.6 Å². The highest BCUT2D eigenvalue weighted by atomic mass is 32.2. The van der Waals surface area contributed by atoms with Crippen molar-refractivity contribution in [2.24, 2.45) is 5.92 Å². The average molecular weight is 337 g/mol. The fourth-order valence-corrected chi connectivity index (χ4v) is 3.80. The van der Waals surface area contributed by atoms with Gasteiger partial charge in [0.15, 0.2) is 0 Å². The van der Waals surface area contributed by atoms with Crippen molar-refractivity contribution in [1.82, 2.24) is 10.0 Å². The summed E-state index contributed by atoms with van der Waals surface area (Å²) in [6, 6.07) is 5.25. The minimum absolute atomic E-state index is 0.190. The van der Waals surface area contributed by atoms with E-state index in [9.17, 15) is 9.00 Å². The van der Waals surface area contributed by atoms with Crippen molar-refractivity contribution >= 4 is 27.2 Å². The summed E-state index contributed by atoms with van der Waals surface area (Å²) in [6.07, 6.45) is 6.40. The zero-order valence-electron chi connectivity index (χ0n) is 14.0. The molecule has 23 heavy (non-hydrogen) atoms. The van der Waals surface area contributed by atoms with Crippen molar-refractivity contribution in [1.29, 1.82) is 0 Å². The maximum Gasteiger partial charge on any atom is 0.253 e. The van der Waals surface area contributed by atoms with Crippen LogP contribution in [0.3, 0.4) is 0 Å². The molecule has 128 valence electrons. The van der Waals surface area contributed by atoms with Crippen LogP contribution in [0, 0.1) is 5.92 Å². The Bertz CT molecular complexity index is 650. The topological polar surface area (TPSA) is 70.2 Å². The van der Waals surface area contributed by atoms with E-state index in [0.717, 1.165) is 12.2 Å². The van der Waals surface area contributed by atoms with Gasteiger partial charge in [-0.3, -0.25) is 4.79 Å². The van der Waals surface area contributed by atoms with E-state index in [4.69, 9.17) is 0 Å². The Kier molecular flexibility index (Phi) is 6.07. The molecule has 0 aromatic heterocycles. The first-order chi connectivity index (χ1) is 11.0. The van der Waals surface area contributed by atoms with Crippen LogP contribution in [0.2, 0.25) is 0 Å². The lowest BCUT2D eigenvalue weighted by Crippen LogP contribution is -2.24. The summed E-state index contributed by atoms with van der Waals surface area (Å²) < 4.78 is 15.1. The van der Waals surface area contributed by atoms with Crippen LogP contribution in [0.5, 0.6) is 0 Å². The summed E-state index contributed by atoms with van der Waals surface area (Å²) in [7, 11) is 0.626. The number of hydrogen-bond acceptors (Lipinski definition) is 3. The lowest BCUT2D eigenvalue weighted by Gasteiger charge is -2.23. The highest BCUT2D eigenvalue weighted by Crippen LogP contribution is 2.26. The second-order valence-electron chi connectivity index (χ2n) is 6.05. The van der Waals surface area contributed by atoms with E-state index >= 15 is 0 Å². The highest BCUT2D eigenvalue weighted by Gasteiger charge is 2.17. The van der Waals surface area contributed by atoms with Crippen LogP contribution >= 0.6 is 0 Å². The quantitative estimate of drug-likeness (QED) is 0.697. The van der Waals surface area contributed by atoms with Gasteiger partial charge >= 0.3 is 0 Å². The van der Waals surface area contributed by atoms with Crippen molar-refractivity contribution in [2.75, 3.05) is 26.0 Å². The van der Waals surface area contributed by atoms with Gasteiger partial charge in [-0.15, -0.1) is 0 Å². The molecule has 0 saturated heterocycles. The summed E-state index contributed by atoms with van der Waals surface area (Å²) >= 11 is 0. The van der Waals surface area contributed by atoms with Crippen LogP contribution in [0.15, 0.2) is 23.1 Å². The molecular formula is C17H27N3O2S. The zero-order chi connectivity index (χ0) is 16.9. The zero-order valence-corrected chi connectivity index (χ0v) is 14.8. The van der Waals surface area contributed by atoms with Gasteiger partial charge in [0.2, 0.25) is 0 Å². The highest BCUT2D eigenvalue weighted by molar-refractivity contribution is 7.98. The van der Waals surface area contributed by atoms with Crippen LogP contribution < -0.4 is 15.4 Å². The summed E-state index contributed by atoms with van der Waals surface area (Å²) in [5.74, 6) is 4.17. The molecule has 1 aromatic carbocycles. The van der Waals surface area contributed by atoms with E-state index in [2.05, 4.69) is 21.2 Å². The van der Waals surface area contributed by atoms with Gasteiger partial charge in [0.1, 0.15) is 0 Å². The maximum atomic E-state index is 12.4. The molecule has 1 aliphatic rings. The first kappa shape index (κ1) is 17.8. The third kappa shape index (κ3) is 4.48. The summed E-state index contributed by atoms with van der Waals surface area (Å²) in [4.78, 5) is 12.7. The molecule has 1 aliphatic carbocycles. The Morgan fingerprint density at radius 2 is 1.96 bits per heavy atom. The Balaban J connectivity index is 2.22. The third-order valence-electron chi connectivity index (χ3n) is 4.48. The molecule has 1 amide bonds. The van der Waals surface area contributed by atoms with Gasteiger partial charge in [-0.2, -0.15) is 0 Å². The molecular weight excluding hydrogens is 310 g/mol. The monoisotopic (exact) mass is 337 g/mol. The minimum atomic E-state index is -2.57. The fraction of sp³-hybridized carbons (Fsp3) is 0.529. The van der Waals surface area contributed by atoms with Crippen molar-refractivity contribution in [2.45, 2.75) is 37.0 Å². The lowest BCUT2D eigenvalue weighted by molar-refractivity contribution is 0.0963. The van der Waals surface area contributed by atoms with Crippen LogP contribution in [0.25, 0.3) is 0 Å². The number of nitrogens with one attached hydrogen (secondary N) is 3. The Morgan fingerprint density at radius 1 is 1.26 bits per heavy atom. The molecule has 3 N–H and O–H groups in total. The normalized spacial score (nSPS) is 18.2. The largest absolute Gasteiger partial charge is 0.384 e. The van der Waals surface area contributed by atoms with Gasteiger partial charge in [0.25, 0.3) is 5.91 Å². The standard InChI is InChI=1S/C17H27N3O2S/c1-18-17(21)15-11-14(23(3,22)19-2)9-10-16(15)20-12-13-7-5-4-6-8-13/h9-11,13,20H,3-8,12H2,1-2H3,(H,18,21)(H,19,22). The maximum absolute atomic E-state index is 12.4. The molecule has 0 radical (unpaired) electrons. The summed E-state index contributed by atoms with van der Waals surface area (Å²) in [6.45, 7) is 0.870. The molecule has 1 aromatic rings. The SMILES string of the molecule is C=S(=O)(NC)c1ccc(NCC2CCCCC2)c(C(=O)NC)c1. The predicted octanol–water partition coefficient (Wildman–Crippen LogP) is 2.25. The molecule has 6 heteroatoms. The van der Waals surface area contributed by atoms with Crippen molar-refractivity contribution < 1.29 is 9.00 Å². The van der Waals surface area contributed by atoms with Crippen molar-refractivity contribution in [3.63, 3.8) is 0 Å². The number of anilines is 1. The molecule has 1 saturated carbocycles. The van der Waals surface area contributed by atoms with E-state index in [1.807, 2.05) is 6.07 Å². The first-order valence-electron chi connectivity index (χ1n) is 8.13. The molecule has 0 aliphatic heterocycles. The average Bonchev–Trinajstić information content (AvgIpc) is 2.60. The molecule has 1 fully saturated rings. The Hall–Kier alpha value is -1.53. The van der Waals surface area contributed by atoms with Crippen LogP contribution in [0.1, 0.15) is 42.5 Å². The molecule has 0 bridgehead atoms. The Morgan fingerprint density at radius 3 is 2.57 bits per heavy atom. The minimum Gasteiger partial charge on any atom is -0.384 e. The first-order valence-corrected chi connectivity index (χ1v) is 9.86. The van der Waals surface area contributed by atoms with Gasteiger partial charge in [-0.25, -0.2) is 8.93 Å². The predicted molar refractivity (Wildman–Crippen MR) is 97.5 cm³/mol. The molecule has 0 spiro atoms. The second kappa shape index (κ2) is 7.84. The fourth-order valence-electron chi connectivity index (χ4n) is 2.97. The Labute approximate surface area is 139 Å².